The Labute approximate surface area is 112 Å². The number of hydrogen-bond donors (Lipinski definition) is 1. The van der Waals surface area contributed by atoms with Gasteiger partial charge in [-0.1, -0.05) is 12.8 Å². The predicted octanol–water partition coefficient (Wildman–Crippen LogP) is 2.82. The molecule has 0 aliphatic heterocycles. The van der Waals surface area contributed by atoms with Gasteiger partial charge >= 0.3 is 0 Å². The van der Waals surface area contributed by atoms with Gasteiger partial charge in [-0.15, -0.1) is 0 Å². The summed E-state index contributed by atoms with van der Waals surface area (Å²) in [6.45, 7) is 2.08. The SMILES string of the molecule is Cc1nc2cnc(NC3CC3)nc2n1C1CCCC1. The summed E-state index contributed by atoms with van der Waals surface area (Å²) < 4.78 is 2.32. The van der Waals surface area contributed by atoms with Crippen LogP contribution in [0.3, 0.4) is 0 Å². The monoisotopic (exact) mass is 257 g/mol. The molecule has 0 radical (unpaired) electrons. The third-order valence-electron chi connectivity index (χ3n) is 4.21. The molecule has 19 heavy (non-hydrogen) atoms. The first-order valence-electron chi connectivity index (χ1n) is 7.29. The maximum atomic E-state index is 4.70. The van der Waals surface area contributed by atoms with Crippen LogP contribution in [0.25, 0.3) is 11.2 Å². The van der Waals surface area contributed by atoms with Crippen LogP contribution in [0.5, 0.6) is 0 Å². The molecule has 0 unspecified atom stereocenters. The second-order valence-electron chi connectivity index (χ2n) is 5.79. The van der Waals surface area contributed by atoms with Crippen molar-refractivity contribution in [2.24, 2.45) is 0 Å². The van der Waals surface area contributed by atoms with E-state index in [1.54, 1.807) is 0 Å². The first-order valence-corrected chi connectivity index (χ1v) is 7.29. The van der Waals surface area contributed by atoms with Crippen molar-refractivity contribution in [3.63, 3.8) is 0 Å². The summed E-state index contributed by atoms with van der Waals surface area (Å²) in [5, 5.41) is 3.37. The Morgan fingerprint density at radius 1 is 1.16 bits per heavy atom. The highest BCUT2D eigenvalue weighted by atomic mass is 15.2. The number of hydrogen-bond acceptors (Lipinski definition) is 4. The van der Waals surface area contributed by atoms with Gasteiger partial charge in [0.2, 0.25) is 5.95 Å². The van der Waals surface area contributed by atoms with E-state index in [-0.39, 0.29) is 0 Å². The van der Waals surface area contributed by atoms with Crippen molar-refractivity contribution in [1.29, 1.82) is 0 Å². The van der Waals surface area contributed by atoms with Crippen LogP contribution in [0, 0.1) is 6.92 Å². The zero-order valence-corrected chi connectivity index (χ0v) is 11.3. The maximum absolute atomic E-state index is 4.70. The molecule has 5 heteroatoms. The van der Waals surface area contributed by atoms with Crippen LogP contribution in [0.1, 0.15) is 50.4 Å². The highest BCUT2D eigenvalue weighted by molar-refractivity contribution is 5.72. The van der Waals surface area contributed by atoms with Gasteiger partial charge in [-0.05, 0) is 32.6 Å². The highest BCUT2D eigenvalue weighted by Gasteiger charge is 2.24. The lowest BCUT2D eigenvalue weighted by atomic mass is 10.2. The molecule has 0 atom stereocenters. The Kier molecular flexibility index (Phi) is 2.47. The molecule has 4 rings (SSSR count). The molecule has 2 heterocycles. The summed E-state index contributed by atoms with van der Waals surface area (Å²) in [7, 11) is 0. The summed E-state index contributed by atoms with van der Waals surface area (Å²) in [6, 6.07) is 1.16. The topological polar surface area (TPSA) is 55.6 Å². The molecule has 0 amide bonds. The zero-order chi connectivity index (χ0) is 12.8. The second-order valence-corrected chi connectivity index (χ2v) is 5.79. The number of anilines is 1. The maximum Gasteiger partial charge on any atom is 0.224 e. The third-order valence-corrected chi connectivity index (χ3v) is 4.21. The average Bonchev–Trinajstić information content (AvgIpc) is 2.93. The van der Waals surface area contributed by atoms with Crippen LogP contribution in [-0.4, -0.2) is 25.6 Å². The van der Waals surface area contributed by atoms with Gasteiger partial charge in [0.15, 0.2) is 5.65 Å². The summed E-state index contributed by atoms with van der Waals surface area (Å²) in [5.41, 5.74) is 1.92. The van der Waals surface area contributed by atoms with Gasteiger partial charge in [-0.2, -0.15) is 4.98 Å². The normalized spacial score (nSPS) is 20.3. The van der Waals surface area contributed by atoms with Gasteiger partial charge in [-0.3, -0.25) is 0 Å². The van der Waals surface area contributed by atoms with Crippen LogP contribution >= 0.6 is 0 Å². The molecule has 0 bridgehead atoms. The smallest absolute Gasteiger partial charge is 0.224 e. The minimum absolute atomic E-state index is 0.577. The first kappa shape index (κ1) is 11.2. The summed E-state index contributed by atoms with van der Waals surface area (Å²) >= 11 is 0. The lowest BCUT2D eigenvalue weighted by Gasteiger charge is -2.14. The Morgan fingerprint density at radius 3 is 2.68 bits per heavy atom. The van der Waals surface area contributed by atoms with E-state index in [4.69, 9.17) is 4.98 Å². The van der Waals surface area contributed by atoms with E-state index in [0.29, 0.717) is 12.1 Å². The van der Waals surface area contributed by atoms with Crippen LogP contribution < -0.4 is 5.32 Å². The van der Waals surface area contributed by atoms with Gasteiger partial charge in [-0.25, -0.2) is 9.97 Å². The fourth-order valence-electron chi connectivity index (χ4n) is 3.08. The Balaban J connectivity index is 1.78. The molecule has 0 aromatic carbocycles. The molecule has 5 nitrogen and oxygen atoms in total. The molecule has 2 aromatic rings. The van der Waals surface area contributed by atoms with Crippen LogP contribution in [0.2, 0.25) is 0 Å². The molecule has 2 fully saturated rings. The number of aryl methyl sites for hydroxylation is 1. The lowest BCUT2D eigenvalue weighted by Crippen LogP contribution is -2.09. The summed E-state index contributed by atoms with van der Waals surface area (Å²) in [5.74, 6) is 1.83. The molecule has 2 aliphatic rings. The number of aromatic nitrogens is 4. The second kappa shape index (κ2) is 4.18. The van der Waals surface area contributed by atoms with Gasteiger partial charge in [0.1, 0.15) is 11.3 Å². The van der Waals surface area contributed by atoms with Crippen molar-refractivity contribution in [2.75, 3.05) is 5.32 Å². The number of nitrogens with zero attached hydrogens (tertiary/aromatic N) is 4. The standard InChI is InChI=1S/C14H19N5/c1-9-16-12-8-15-14(17-10-6-7-10)18-13(12)19(9)11-4-2-3-5-11/h8,10-11H,2-7H2,1H3,(H,15,17,18). The fourth-order valence-corrected chi connectivity index (χ4v) is 3.08. The predicted molar refractivity (Wildman–Crippen MR) is 74.2 cm³/mol. The summed E-state index contributed by atoms with van der Waals surface area (Å²) in [6.07, 6.45) is 9.48. The van der Waals surface area contributed by atoms with Gasteiger partial charge in [0.05, 0.1) is 6.20 Å². The quantitative estimate of drug-likeness (QED) is 0.918. The van der Waals surface area contributed by atoms with Crippen molar-refractivity contribution in [1.82, 2.24) is 19.5 Å². The number of rotatable bonds is 3. The number of fused-ring (bicyclic) bond motifs is 1. The van der Waals surface area contributed by atoms with E-state index < -0.39 is 0 Å². The Morgan fingerprint density at radius 2 is 1.95 bits per heavy atom. The van der Waals surface area contributed by atoms with Gasteiger partial charge < -0.3 is 9.88 Å². The Bertz CT molecular complexity index is 608. The average molecular weight is 257 g/mol. The number of nitrogens with one attached hydrogen (secondary N) is 1. The van der Waals surface area contributed by atoms with Gasteiger partial charge in [0, 0.05) is 12.1 Å². The van der Waals surface area contributed by atoms with E-state index >= 15 is 0 Å². The van der Waals surface area contributed by atoms with Crippen LogP contribution in [-0.2, 0) is 0 Å². The molecule has 2 saturated carbocycles. The van der Waals surface area contributed by atoms with E-state index in [1.807, 2.05) is 6.20 Å². The minimum Gasteiger partial charge on any atom is -0.351 e. The molecule has 0 spiro atoms. The van der Waals surface area contributed by atoms with Crippen LogP contribution in [0.4, 0.5) is 5.95 Å². The van der Waals surface area contributed by atoms with Crippen LogP contribution in [0.15, 0.2) is 6.20 Å². The molecule has 2 aliphatic carbocycles. The summed E-state index contributed by atoms with van der Waals surface area (Å²) in [4.78, 5) is 13.7. The van der Waals surface area contributed by atoms with Crippen molar-refractivity contribution in [3.05, 3.63) is 12.0 Å². The van der Waals surface area contributed by atoms with Gasteiger partial charge in [0.25, 0.3) is 0 Å². The first-order chi connectivity index (χ1) is 9.31. The molecular formula is C14H19N5. The van der Waals surface area contributed by atoms with E-state index in [1.165, 1.54) is 38.5 Å². The molecule has 2 aromatic heterocycles. The molecule has 100 valence electrons. The van der Waals surface area contributed by atoms with Crippen molar-refractivity contribution < 1.29 is 0 Å². The van der Waals surface area contributed by atoms with E-state index in [0.717, 1.165) is 22.9 Å². The fraction of sp³-hybridized carbons (Fsp3) is 0.643. The lowest BCUT2D eigenvalue weighted by molar-refractivity contribution is 0.517. The van der Waals surface area contributed by atoms with Crippen molar-refractivity contribution in [3.8, 4) is 0 Å². The molecular weight excluding hydrogens is 238 g/mol. The Hall–Kier alpha value is -1.65. The molecule has 1 N–H and O–H groups in total. The highest BCUT2D eigenvalue weighted by Crippen LogP contribution is 2.33. The third kappa shape index (κ3) is 1.97. The van der Waals surface area contributed by atoms with Crippen molar-refractivity contribution >= 4 is 17.1 Å². The van der Waals surface area contributed by atoms with Crippen molar-refractivity contribution in [2.45, 2.75) is 57.5 Å². The molecule has 0 saturated heterocycles. The number of imidazole rings is 1. The van der Waals surface area contributed by atoms with E-state index in [9.17, 15) is 0 Å². The zero-order valence-electron chi connectivity index (χ0n) is 11.3. The largest absolute Gasteiger partial charge is 0.351 e. The van der Waals surface area contributed by atoms with E-state index in [2.05, 4.69) is 26.8 Å². The minimum atomic E-state index is 0.577.